The van der Waals surface area contributed by atoms with Crippen LogP contribution in [-0.4, -0.2) is 14.1 Å². The normalized spacial score (nSPS) is 10.6. The molecule has 0 bridgehead atoms. The third kappa shape index (κ3) is 8.26. The highest BCUT2D eigenvalue weighted by Crippen LogP contribution is 2.44. The number of rotatable bonds is 7. The van der Waals surface area contributed by atoms with Crippen molar-refractivity contribution in [1.82, 2.24) is 14.1 Å². The van der Waals surface area contributed by atoms with Gasteiger partial charge in [-0.25, -0.2) is 29.2 Å². The van der Waals surface area contributed by atoms with E-state index in [9.17, 15) is 21.0 Å². The SMILES string of the molecule is [C-]#[N+]c1cc(C#N)cc(-c2ccc3c4ccc(-c5cc(C#N)cc([N+]#[C-])c5)cc4n(-c4cc(-c5cccc([N+]#[C-])c5)c(-n5c6cc(-c7cc(C#N)cc([N+]#[C-])c7)ccc6c6ccc(-c7cc(C#N)cc([N+]#[C-])c7)cc65)cn4)c3c2)c1. The number of pyridine rings is 1. The van der Waals surface area contributed by atoms with Crippen molar-refractivity contribution in [3.05, 3.63) is 261 Å². The fourth-order valence-electron chi connectivity index (χ4n) is 10.6. The lowest BCUT2D eigenvalue weighted by Gasteiger charge is -2.18. The molecule has 0 unspecified atom stereocenters. The van der Waals surface area contributed by atoms with Crippen LogP contribution in [0.2, 0.25) is 0 Å². The van der Waals surface area contributed by atoms with Crippen LogP contribution in [0.4, 0.5) is 28.4 Å². The van der Waals surface area contributed by atoms with Crippen LogP contribution in [0.3, 0.4) is 0 Å². The molecule has 12 rings (SSSR count). The Balaban J connectivity index is 1.18. The maximum atomic E-state index is 10.0. The van der Waals surface area contributed by atoms with E-state index in [1.54, 1.807) is 85.1 Å². The number of fused-ring (bicyclic) bond motifs is 6. The number of hydrogen-bond acceptors (Lipinski definition) is 5. The van der Waals surface area contributed by atoms with E-state index < -0.39 is 0 Å². The minimum Gasteiger partial charge on any atom is -0.307 e. The predicted molar refractivity (Wildman–Crippen MR) is 310 cm³/mol. The second kappa shape index (κ2) is 19.4. The Hall–Kier alpha value is -12.9. The molecule has 0 atom stereocenters. The number of nitriles is 4. The third-order valence-corrected chi connectivity index (χ3v) is 14.2. The second-order valence-corrected chi connectivity index (χ2v) is 18.8. The van der Waals surface area contributed by atoms with E-state index in [4.69, 9.17) is 37.8 Å². The molecule has 3 aromatic heterocycles. The zero-order chi connectivity index (χ0) is 55.2. The molecule has 0 amide bonds. The van der Waals surface area contributed by atoms with Crippen LogP contribution < -0.4 is 0 Å². The van der Waals surface area contributed by atoms with E-state index in [2.05, 4.69) is 53.1 Å². The van der Waals surface area contributed by atoms with Crippen molar-refractivity contribution in [3.63, 3.8) is 0 Å². The first-order valence-corrected chi connectivity index (χ1v) is 24.5. The maximum absolute atomic E-state index is 10.0. The van der Waals surface area contributed by atoms with Crippen molar-refractivity contribution in [1.29, 1.82) is 21.0 Å². The van der Waals surface area contributed by atoms with Crippen LogP contribution >= 0.6 is 0 Å². The summed E-state index contributed by atoms with van der Waals surface area (Å²) in [5, 5.41) is 43.5. The largest absolute Gasteiger partial charge is 0.307 e. The molecule has 0 aliphatic rings. The van der Waals surface area contributed by atoms with Crippen molar-refractivity contribution in [3.8, 4) is 91.4 Å². The molecular weight excluding hydrogens is 985 g/mol. The zero-order valence-corrected chi connectivity index (χ0v) is 41.7. The molecule has 0 aliphatic carbocycles. The summed E-state index contributed by atoms with van der Waals surface area (Å²) >= 11 is 0. The lowest BCUT2D eigenvalue weighted by atomic mass is 9.99. The van der Waals surface area contributed by atoms with Crippen LogP contribution in [-0.2, 0) is 0 Å². The summed E-state index contributed by atoms with van der Waals surface area (Å²) in [6.45, 7) is 39.4. The summed E-state index contributed by atoms with van der Waals surface area (Å²) in [5.74, 6) is 0.494. The van der Waals surface area contributed by atoms with E-state index in [1.165, 1.54) is 0 Å². The van der Waals surface area contributed by atoms with E-state index in [-0.39, 0.29) is 0 Å². The first-order chi connectivity index (χ1) is 39.1. The Labute approximate surface area is 457 Å². The summed E-state index contributed by atoms with van der Waals surface area (Å²) in [6, 6.07) is 62.4. The molecule has 9 aromatic carbocycles. The molecule has 12 aromatic rings. The Morgan fingerprint density at radius 2 is 0.662 bits per heavy atom. The first-order valence-electron chi connectivity index (χ1n) is 24.5. The van der Waals surface area contributed by atoms with Crippen LogP contribution in [0.15, 0.2) is 182 Å². The minimum atomic E-state index is 0.321. The predicted octanol–water partition coefficient (Wildman–Crippen LogP) is 17.9. The molecule has 0 aliphatic heterocycles. The van der Waals surface area contributed by atoms with Gasteiger partial charge in [-0.15, -0.1) is 0 Å². The van der Waals surface area contributed by atoms with Gasteiger partial charge in [-0.05, 0) is 159 Å². The summed E-state index contributed by atoms with van der Waals surface area (Å²) in [6.07, 6.45) is 1.80. The fourth-order valence-corrected chi connectivity index (χ4v) is 10.6. The lowest BCUT2D eigenvalue weighted by molar-refractivity contribution is 1.06. The monoisotopic (exact) mass is 1010 g/mol. The number of aromatic nitrogens is 3. The highest BCUT2D eigenvalue weighted by Gasteiger charge is 2.23. The zero-order valence-electron chi connectivity index (χ0n) is 41.7. The highest BCUT2D eigenvalue weighted by atomic mass is 15.1. The maximum Gasteiger partial charge on any atom is 0.189 e. The van der Waals surface area contributed by atoms with Crippen LogP contribution in [0, 0.1) is 78.2 Å². The molecule has 362 valence electrons. The quantitative estimate of drug-likeness (QED) is 0.146. The molecule has 0 N–H and O–H groups in total. The minimum absolute atomic E-state index is 0.321. The Kier molecular flexibility index (Phi) is 11.7. The molecule has 0 spiro atoms. The van der Waals surface area contributed by atoms with Gasteiger partial charge < -0.3 is 4.57 Å². The smallest absolute Gasteiger partial charge is 0.189 e. The van der Waals surface area contributed by atoms with Gasteiger partial charge in [0.05, 0.1) is 91.1 Å². The Morgan fingerprint density at radius 1 is 0.325 bits per heavy atom. The molecule has 0 saturated carbocycles. The van der Waals surface area contributed by atoms with Crippen LogP contribution in [0.1, 0.15) is 22.3 Å². The first kappa shape index (κ1) is 48.1. The molecular formula is C68H30N12. The molecule has 12 nitrogen and oxygen atoms in total. The van der Waals surface area contributed by atoms with Gasteiger partial charge in [0, 0.05) is 49.4 Å². The van der Waals surface area contributed by atoms with E-state index >= 15 is 0 Å². The van der Waals surface area contributed by atoms with E-state index in [1.807, 2.05) is 102 Å². The van der Waals surface area contributed by atoms with E-state index in [0.717, 1.165) is 65.9 Å². The Bertz CT molecular complexity index is 4750. The van der Waals surface area contributed by atoms with Gasteiger partial charge in [-0.1, -0.05) is 66.7 Å². The summed E-state index contributed by atoms with van der Waals surface area (Å²) < 4.78 is 4.16. The van der Waals surface area contributed by atoms with Gasteiger partial charge in [0.25, 0.3) is 0 Å². The van der Waals surface area contributed by atoms with Gasteiger partial charge in [-0.3, -0.25) is 4.57 Å². The molecule has 0 radical (unpaired) electrons. The molecule has 0 saturated heterocycles. The summed E-state index contributed by atoms with van der Waals surface area (Å²) in [4.78, 5) is 23.8. The van der Waals surface area contributed by atoms with Gasteiger partial charge in [-0.2, -0.15) is 21.0 Å². The molecule has 3 heterocycles. The van der Waals surface area contributed by atoms with Crippen molar-refractivity contribution < 1.29 is 0 Å². The lowest BCUT2D eigenvalue weighted by Crippen LogP contribution is -2.03. The molecule has 0 fully saturated rings. The van der Waals surface area contributed by atoms with Gasteiger partial charge >= 0.3 is 0 Å². The summed E-state index contributed by atoms with van der Waals surface area (Å²) in [5.41, 5.74) is 13.8. The van der Waals surface area contributed by atoms with Crippen molar-refractivity contribution in [2.24, 2.45) is 0 Å². The Morgan fingerprint density at radius 3 is 1.00 bits per heavy atom. The van der Waals surface area contributed by atoms with Gasteiger partial charge in [0.1, 0.15) is 5.82 Å². The number of benzene rings is 9. The van der Waals surface area contributed by atoms with Crippen molar-refractivity contribution in [2.75, 3.05) is 0 Å². The standard InChI is InChI=1S/C68H30N12/c1-73-53-8-6-7-48(25-53)62-34-68(80-65-32-46(51-19-42(37-71)23-56(28-51)76-4)11-15-60(65)61-16-12-47(33-66(61)80)52-20-43(38-72)24-57(29-52)77-5)78-39-67(62)79-63-30-44(49-17-40(35-69)21-54(26-49)74-2)9-13-58(63)59-14-10-45(31-64(59)79)50-18-41(36-70)22-55(27-50)75-3/h6-34,39H. The van der Waals surface area contributed by atoms with Crippen molar-refractivity contribution >= 4 is 72.0 Å². The summed E-state index contributed by atoms with van der Waals surface area (Å²) in [7, 11) is 0. The van der Waals surface area contributed by atoms with Crippen LogP contribution in [0.25, 0.3) is 135 Å². The third-order valence-electron chi connectivity index (χ3n) is 14.2. The van der Waals surface area contributed by atoms with Crippen molar-refractivity contribution in [2.45, 2.75) is 0 Å². The molecule has 12 heteroatoms. The number of nitrogens with zero attached hydrogens (tertiary/aromatic N) is 12. The average molecular weight is 1020 g/mol. The van der Waals surface area contributed by atoms with E-state index in [0.29, 0.717) is 95.6 Å². The average Bonchev–Trinajstić information content (AvgIpc) is 4.03. The van der Waals surface area contributed by atoms with Gasteiger partial charge in [0.15, 0.2) is 28.4 Å². The highest BCUT2D eigenvalue weighted by molar-refractivity contribution is 6.13. The van der Waals surface area contributed by atoms with Gasteiger partial charge in [0.2, 0.25) is 0 Å². The number of hydrogen-bond donors (Lipinski definition) is 0. The topological polar surface area (TPSA) is 140 Å². The fraction of sp³-hybridized carbons (Fsp3) is 0. The molecule has 80 heavy (non-hydrogen) atoms. The van der Waals surface area contributed by atoms with Crippen LogP contribution in [0.5, 0.6) is 0 Å². The second-order valence-electron chi connectivity index (χ2n) is 18.8.